The molecule has 0 amide bonds. The zero-order valence-electron chi connectivity index (χ0n) is 8.22. The zero-order chi connectivity index (χ0) is 9.07. The molecule has 0 aliphatic rings. The second-order valence-corrected chi connectivity index (χ2v) is 3.43. The number of rotatable bonds is 8. The molecular formula is C10H21OSi. The molecule has 0 fully saturated rings. The lowest BCUT2D eigenvalue weighted by molar-refractivity contribution is 0.342. The van der Waals surface area contributed by atoms with E-state index in [1.165, 1.54) is 32.1 Å². The van der Waals surface area contributed by atoms with Crippen molar-refractivity contribution >= 4 is 10.5 Å². The predicted molar refractivity (Wildman–Crippen MR) is 57.0 cm³/mol. The lowest BCUT2D eigenvalue weighted by Crippen LogP contribution is -1.87. The monoisotopic (exact) mass is 185 g/mol. The van der Waals surface area contributed by atoms with Gasteiger partial charge in [0.2, 0.25) is 0 Å². The van der Waals surface area contributed by atoms with E-state index in [2.05, 4.69) is 19.1 Å². The summed E-state index contributed by atoms with van der Waals surface area (Å²) >= 11 is 0. The fourth-order valence-corrected chi connectivity index (χ4v) is 1.26. The Morgan fingerprint density at radius 2 is 1.75 bits per heavy atom. The molecule has 0 heterocycles. The van der Waals surface area contributed by atoms with Crippen molar-refractivity contribution in [2.75, 3.05) is 6.61 Å². The van der Waals surface area contributed by atoms with Crippen LogP contribution in [0.5, 0.6) is 0 Å². The van der Waals surface area contributed by atoms with Crippen LogP contribution in [0, 0.1) is 0 Å². The predicted octanol–water partition coefficient (Wildman–Crippen LogP) is 2.47. The Balaban J connectivity index is 2.93. The van der Waals surface area contributed by atoms with E-state index in [1.54, 1.807) is 10.5 Å². The van der Waals surface area contributed by atoms with Crippen LogP contribution in [0.15, 0.2) is 12.2 Å². The summed E-state index contributed by atoms with van der Waals surface area (Å²) in [6.07, 6.45) is 12.2. The van der Waals surface area contributed by atoms with Crippen LogP contribution in [0.2, 0.25) is 0 Å². The van der Waals surface area contributed by atoms with E-state index in [4.69, 9.17) is 4.43 Å². The third-order valence-corrected chi connectivity index (χ3v) is 2.09. The molecule has 0 aromatic carbocycles. The van der Waals surface area contributed by atoms with E-state index >= 15 is 0 Å². The number of unbranched alkanes of at least 4 members (excludes halogenated alkanes) is 4. The molecular weight excluding hydrogens is 164 g/mol. The lowest BCUT2D eigenvalue weighted by atomic mass is 10.2. The van der Waals surface area contributed by atoms with Crippen molar-refractivity contribution in [2.24, 2.45) is 0 Å². The molecule has 0 atom stereocenters. The standard InChI is InChI=1S/C10H21OSi/c1-2-3-4-5-6-7-8-9-10-11-12/h6-7H,2-5,8-10,12H2,1H3/b7-6-. The van der Waals surface area contributed by atoms with Crippen LogP contribution in [0.4, 0.5) is 0 Å². The van der Waals surface area contributed by atoms with E-state index in [0.717, 1.165) is 13.0 Å². The average molecular weight is 185 g/mol. The summed E-state index contributed by atoms with van der Waals surface area (Å²) in [6.45, 7) is 3.14. The summed E-state index contributed by atoms with van der Waals surface area (Å²) in [6, 6.07) is 0. The maximum atomic E-state index is 4.98. The van der Waals surface area contributed by atoms with Gasteiger partial charge in [-0.25, -0.2) is 0 Å². The normalized spacial score (nSPS) is 11.2. The van der Waals surface area contributed by atoms with Crippen LogP contribution in [-0.4, -0.2) is 17.1 Å². The molecule has 1 nitrogen and oxygen atoms in total. The van der Waals surface area contributed by atoms with Gasteiger partial charge in [-0.05, 0) is 25.7 Å². The van der Waals surface area contributed by atoms with Crippen molar-refractivity contribution in [3.05, 3.63) is 12.2 Å². The van der Waals surface area contributed by atoms with Gasteiger partial charge in [-0.1, -0.05) is 31.9 Å². The van der Waals surface area contributed by atoms with Gasteiger partial charge in [-0.2, -0.15) is 0 Å². The average Bonchev–Trinajstić information content (AvgIpc) is 2.10. The number of allylic oxidation sites excluding steroid dienone is 2. The highest BCUT2D eigenvalue weighted by Crippen LogP contribution is 2.00. The van der Waals surface area contributed by atoms with Gasteiger partial charge in [-0.15, -0.1) is 0 Å². The van der Waals surface area contributed by atoms with Crippen LogP contribution in [0.1, 0.15) is 45.4 Å². The molecule has 2 heteroatoms. The van der Waals surface area contributed by atoms with Crippen molar-refractivity contribution in [3.8, 4) is 0 Å². The molecule has 0 saturated carbocycles. The van der Waals surface area contributed by atoms with Gasteiger partial charge >= 0.3 is 0 Å². The summed E-state index contributed by atoms with van der Waals surface area (Å²) in [7, 11) is 1.58. The smallest absolute Gasteiger partial charge is 0.174 e. The van der Waals surface area contributed by atoms with Crippen LogP contribution < -0.4 is 0 Å². The van der Waals surface area contributed by atoms with Crippen molar-refractivity contribution in [3.63, 3.8) is 0 Å². The van der Waals surface area contributed by atoms with E-state index in [9.17, 15) is 0 Å². The topological polar surface area (TPSA) is 9.23 Å². The number of hydrogen-bond acceptors (Lipinski definition) is 1. The van der Waals surface area contributed by atoms with Crippen molar-refractivity contribution in [1.29, 1.82) is 0 Å². The van der Waals surface area contributed by atoms with Gasteiger partial charge in [0, 0.05) is 6.61 Å². The minimum Gasteiger partial charge on any atom is -0.425 e. The highest BCUT2D eigenvalue weighted by Gasteiger charge is 1.82. The Kier molecular flexibility index (Phi) is 10.8. The highest BCUT2D eigenvalue weighted by atomic mass is 28.2. The molecule has 0 unspecified atom stereocenters. The quantitative estimate of drug-likeness (QED) is 0.321. The van der Waals surface area contributed by atoms with E-state index < -0.39 is 0 Å². The Bertz CT molecular complexity index is 90.0. The van der Waals surface area contributed by atoms with Crippen molar-refractivity contribution in [2.45, 2.75) is 45.4 Å². The van der Waals surface area contributed by atoms with E-state index in [1.807, 2.05) is 0 Å². The molecule has 0 aliphatic heterocycles. The van der Waals surface area contributed by atoms with Gasteiger partial charge in [-0.3, -0.25) is 0 Å². The van der Waals surface area contributed by atoms with Gasteiger partial charge < -0.3 is 4.43 Å². The molecule has 1 radical (unpaired) electrons. The fraction of sp³-hybridized carbons (Fsp3) is 0.800. The number of hydrogen-bond donors (Lipinski definition) is 0. The Morgan fingerprint density at radius 1 is 1.08 bits per heavy atom. The first-order chi connectivity index (χ1) is 5.91. The molecule has 0 N–H and O–H groups in total. The summed E-state index contributed by atoms with van der Waals surface area (Å²) in [5, 5.41) is 0. The second kappa shape index (κ2) is 10.9. The maximum absolute atomic E-state index is 4.98. The molecule has 71 valence electrons. The molecule has 0 saturated heterocycles. The largest absolute Gasteiger partial charge is 0.425 e. The van der Waals surface area contributed by atoms with Crippen LogP contribution in [0.25, 0.3) is 0 Å². The highest BCUT2D eigenvalue weighted by molar-refractivity contribution is 5.97. The van der Waals surface area contributed by atoms with E-state index in [-0.39, 0.29) is 0 Å². The van der Waals surface area contributed by atoms with Crippen LogP contribution in [-0.2, 0) is 4.43 Å². The van der Waals surface area contributed by atoms with E-state index in [0.29, 0.717) is 0 Å². The molecule has 0 aromatic heterocycles. The molecule has 0 rings (SSSR count). The zero-order valence-corrected chi connectivity index (χ0v) is 9.63. The van der Waals surface area contributed by atoms with Crippen LogP contribution >= 0.6 is 0 Å². The molecule has 12 heavy (non-hydrogen) atoms. The third kappa shape index (κ3) is 9.92. The lowest BCUT2D eigenvalue weighted by Gasteiger charge is -1.94. The minimum absolute atomic E-state index is 0.901. The maximum Gasteiger partial charge on any atom is 0.174 e. The molecule has 0 spiro atoms. The first-order valence-corrected chi connectivity index (χ1v) is 5.51. The first kappa shape index (κ1) is 11.9. The third-order valence-electron chi connectivity index (χ3n) is 1.80. The van der Waals surface area contributed by atoms with Gasteiger partial charge in [0.25, 0.3) is 0 Å². The Labute approximate surface area is 79.7 Å². The summed E-state index contributed by atoms with van der Waals surface area (Å²) < 4.78 is 4.98. The van der Waals surface area contributed by atoms with Crippen molar-refractivity contribution < 1.29 is 4.43 Å². The molecule has 0 aliphatic carbocycles. The van der Waals surface area contributed by atoms with Crippen LogP contribution in [0.3, 0.4) is 0 Å². The second-order valence-electron chi connectivity index (χ2n) is 3.02. The Hall–Kier alpha value is -0.0831. The SMILES string of the molecule is CCCCC/C=C\CCCO[SiH2]. The first-order valence-electron chi connectivity index (χ1n) is 4.93. The van der Waals surface area contributed by atoms with Gasteiger partial charge in [0.05, 0.1) is 0 Å². The fourth-order valence-electron chi connectivity index (χ4n) is 1.05. The molecule has 0 bridgehead atoms. The molecule has 0 aromatic rings. The summed E-state index contributed by atoms with van der Waals surface area (Å²) in [5.74, 6) is 0. The minimum atomic E-state index is 0.901. The Morgan fingerprint density at radius 3 is 2.33 bits per heavy atom. The summed E-state index contributed by atoms with van der Waals surface area (Å²) in [5.41, 5.74) is 0. The van der Waals surface area contributed by atoms with Gasteiger partial charge in [0.1, 0.15) is 0 Å². The van der Waals surface area contributed by atoms with Crippen molar-refractivity contribution in [1.82, 2.24) is 0 Å². The summed E-state index contributed by atoms with van der Waals surface area (Å²) in [4.78, 5) is 0. The van der Waals surface area contributed by atoms with Gasteiger partial charge in [0.15, 0.2) is 10.5 Å².